The predicted octanol–water partition coefficient (Wildman–Crippen LogP) is 3.29. The van der Waals surface area contributed by atoms with Crippen LogP contribution in [0, 0.1) is 0 Å². The summed E-state index contributed by atoms with van der Waals surface area (Å²) in [5.41, 5.74) is 0. The van der Waals surface area contributed by atoms with Gasteiger partial charge >= 0.3 is 0 Å². The normalized spacial score (nSPS) is 10.7. The van der Waals surface area contributed by atoms with Gasteiger partial charge in [-0.05, 0) is 19.1 Å². The standard InChI is InChI=1S/C10H10O2S2/c1-2-12-8-6-4-3-5-7(13)9(6)14-10(8)11/h3-5,11,13H,2H2,1H3. The zero-order valence-corrected chi connectivity index (χ0v) is 9.36. The van der Waals surface area contributed by atoms with E-state index < -0.39 is 0 Å². The molecule has 4 heteroatoms. The Morgan fingerprint density at radius 1 is 1.50 bits per heavy atom. The van der Waals surface area contributed by atoms with Crippen LogP contribution in [0.1, 0.15) is 6.92 Å². The minimum absolute atomic E-state index is 0.225. The van der Waals surface area contributed by atoms with Crippen LogP contribution in [0.2, 0.25) is 0 Å². The second kappa shape index (κ2) is 3.71. The van der Waals surface area contributed by atoms with Gasteiger partial charge in [-0.3, -0.25) is 0 Å². The molecule has 0 spiro atoms. The van der Waals surface area contributed by atoms with E-state index >= 15 is 0 Å². The van der Waals surface area contributed by atoms with Crippen molar-refractivity contribution in [3.8, 4) is 10.8 Å². The molecule has 0 fully saturated rings. The lowest BCUT2D eigenvalue weighted by Crippen LogP contribution is -1.89. The molecule has 2 rings (SSSR count). The molecule has 14 heavy (non-hydrogen) atoms. The molecule has 1 heterocycles. The Kier molecular flexibility index (Phi) is 2.56. The van der Waals surface area contributed by atoms with Gasteiger partial charge in [0.05, 0.1) is 11.3 Å². The van der Waals surface area contributed by atoms with Crippen molar-refractivity contribution in [3.63, 3.8) is 0 Å². The highest BCUT2D eigenvalue weighted by Gasteiger charge is 2.13. The van der Waals surface area contributed by atoms with Gasteiger partial charge in [0.15, 0.2) is 5.75 Å². The van der Waals surface area contributed by atoms with Gasteiger partial charge in [0, 0.05) is 10.3 Å². The first-order chi connectivity index (χ1) is 6.74. The van der Waals surface area contributed by atoms with E-state index in [1.807, 2.05) is 25.1 Å². The van der Waals surface area contributed by atoms with Crippen molar-refractivity contribution in [2.75, 3.05) is 6.61 Å². The Balaban J connectivity index is 2.70. The lowest BCUT2D eigenvalue weighted by molar-refractivity contribution is 0.326. The molecule has 1 aromatic carbocycles. The quantitative estimate of drug-likeness (QED) is 0.769. The van der Waals surface area contributed by atoms with Crippen LogP contribution in [-0.2, 0) is 0 Å². The molecular weight excluding hydrogens is 216 g/mol. The minimum atomic E-state index is 0.225. The van der Waals surface area contributed by atoms with Crippen LogP contribution in [0.3, 0.4) is 0 Å². The van der Waals surface area contributed by atoms with E-state index in [2.05, 4.69) is 12.6 Å². The average molecular weight is 226 g/mol. The minimum Gasteiger partial charge on any atom is -0.497 e. The van der Waals surface area contributed by atoms with Crippen molar-refractivity contribution < 1.29 is 9.84 Å². The summed E-state index contributed by atoms with van der Waals surface area (Å²) >= 11 is 5.62. The molecule has 0 saturated heterocycles. The van der Waals surface area contributed by atoms with E-state index in [1.165, 1.54) is 11.3 Å². The largest absolute Gasteiger partial charge is 0.497 e. The van der Waals surface area contributed by atoms with E-state index in [0.717, 1.165) is 15.0 Å². The number of fused-ring (bicyclic) bond motifs is 1. The number of benzene rings is 1. The number of hydrogen-bond donors (Lipinski definition) is 2. The lowest BCUT2D eigenvalue weighted by atomic mass is 10.2. The van der Waals surface area contributed by atoms with E-state index in [9.17, 15) is 5.11 Å². The third-order valence-corrected chi connectivity index (χ3v) is 3.47. The zero-order valence-electron chi connectivity index (χ0n) is 7.65. The Morgan fingerprint density at radius 3 is 3.00 bits per heavy atom. The first-order valence-corrected chi connectivity index (χ1v) is 5.56. The molecule has 0 amide bonds. The molecule has 0 unspecified atom stereocenters. The van der Waals surface area contributed by atoms with Gasteiger partial charge in [0.1, 0.15) is 0 Å². The second-order valence-corrected chi connectivity index (χ2v) is 4.30. The lowest BCUT2D eigenvalue weighted by Gasteiger charge is -2.01. The van der Waals surface area contributed by atoms with Crippen LogP contribution in [0.5, 0.6) is 10.8 Å². The maximum Gasteiger partial charge on any atom is 0.215 e. The van der Waals surface area contributed by atoms with Crippen LogP contribution in [0.25, 0.3) is 10.1 Å². The Bertz CT molecular complexity index is 462. The van der Waals surface area contributed by atoms with Crippen molar-refractivity contribution in [3.05, 3.63) is 18.2 Å². The maximum absolute atomic E-state index is 9.65. The molecule has 0 saturated carbocycles. The molecule has 0 aliphatic heterocycles. The molecule has 1 N–H and O–H groups in total. The summed E-state index contributed by atoms with van der Waals surface area (Å²) in [4.78, 5) is 0.869. The number of aromatic hydroxyl groups is 1. The second-order valence-electron chi connectivity index (χ2n) is 2.82. The third-order valence-electron chi connectivity index (χ3n) is 1.92. The highest BCUT2D eigenvalue weighted by molar-refractivity contribution is 7.80. The molecule has 1 aromatic heterocycles. The Morgan fingerprint density at radius 2 is 2.29 bits per heavy atom. The molecule has 0 aliphatic rings. The summed E-state index contributed by atoms with van der Waals surface area (Å²) in [6, 6.07) is 5.73. The van der Waals surface area contributed by atoms with Crippen LogP contribution >= 0.6 is 24.0 Å². The molecular formula is C10H10O2S2. The average Bonchev–Trinajstić information content (AvgIpc) is 2.47. The van der Waals surface area contributed by atoms with Gasteiger partial charge in [0.25, 0.3) is 0 Å². The number of thiol groups is 1. The van der Waals surface area contributed by atoms with Gasteiger partial charge in [-0.15, -0.1) is 12.6 Å². The monoisotopic (exact) mass is 226 g/mol. The summed E-state index contributed by atoms with van der Waals surface area (Å²) in [5, 5.41) is 10.8. The van der Waals surface area contributed by atoms with Gasteiger partial charge in [0.2, 0.25) is 5.06 Å². The van der Waals surface area contributed by atoms with E-state index in [-0.39, 0.29) is 5.06 Å². The molecule has 0 bridgehead atoms. The molecule has 0 radical (unpaired) electrons. The third kappa shape index (κ3) is 1.44. The molecule has 0 aliphatic carbocycles. The van der Waals surface area contributed by atoms with Gasteiger partial charge in [-0.25, -0.2) is 0 Å². The van der Waals surface area contributed by atoms with E-state index in [4.69, 9.17) is 4.74 Å². The van der Waals surface area contributed by atoms with Crippen LogP contribution in [-0.4, -0.2) is 11.7 Å². The van der Waals surface area contributed by atoms with Crippen LogP contribution in [0.15, 0.2) is 23.1 Å². The van der Waals surface area contributed by atoms with Gasteiger partial charge in [-0.2, -0.15) is 0 Å². The number of thiophene rings is 1. The summed E-state index contributed by atoms with van der Waals surface area (Å²) in [7, 11) is 0. The predicted molar refractivity (Wildman–Crippen MR) is 61.9 cm³/mol. The van der Waals surface area contributed by atoms with E-state index in [1.54, 1.807) is 0 Å². The summed E-state index contributed by atoms with van der Waals surface area (Å²) in [6.07, 6.45) is 0. The van der Waals surface area contributed by atoms with Crippen molar-refractivity contribution in [2.24, 2.45) is 0 Å². The molecule has 2 nitrogen and oxygen atoms in total. The SMILES string of the molecule is CCOc1c(O)sc2c(S)cccc12. The summed E-state index contributed by atoms with van der Waals surface area (Å²) in [5.74, 6) is 0.573. The fraction of sp³-hybridized carbons (Fsp3) is 0.200. The topological polar surface area (TPSA) is 29.5 Å². The van der Waals surface area contributed by atoms with Crippen LogP contribution < -0.4 is 4.74 Å². The highest BCUT2D eigenvalue weighted by Crippen LogP contribution is 2.45. The number of ether oxygens (including phenoxy) is 1. The van der Waals surface area contributed by atoms with Crippen molar-refractivity contribution in [1.82, 2.24) is 0 Å². The van der Waals surface area contributed by atoms with Gasteiger partial charge < -0.3 is 9.84 Å². The first-order valence-electron chi connectivity index (χ1n) is 4.30. The van der Waals surface area contributed by atoms with Crippen molar-refractivity contribution >= 4 is 34.1 Å². The summed E-state index contributed by atoms with van der Waals surface area (Å²) < 4.78 is 6.34. The smallest absolute Gasteiger partial charge is 0.215 e. The highest BCUT2D eigenvalue weighted by atomic mass is 32.1. The fourth-order valence-corrected chi connectivity index (χ4v) is 2.59. The Labute approximate surface area is 91.5 Å². The van der Waals surface area contributed by atoms with Gasteiger partial charge in [-0.1, -0.05) is 17.4 Å². The van der Waals surface area contributed by atoms with Crippen molar-refractivity contribution in [2.45, 2.75) is 11.8 Å². The first kappa shape index (κ1) is 9.68. The molecule has 0 atom stereocenters. The molecule has 74 valence electrons. The summed E-state index contributed by atoms with van der Waals surface area (Å²) in [6.45, 7) is 2.45. The number of rotatable bonds is 2. The molecule has 2 aromatic rings. The van der Waals surface area contributed by atoms with E-state index in [0.29, 0.717) is 12.4 Å². The number of hydrogen-bond acceptors (Lipinski definition) is 4. The zero-order chi connectivity index (χ0) is 10.1. The maximum atomic E-state index is 9.65. The fourth-order valence-electron chi connectivity index (χ4n) is 1.35. The van der Waals surface area contributed by atoms with Crippen molar-refractivity contribution in [1.29, 1.82) is 0 Å². The van der Waals surface area contributed by atoms with Crippen LogP contribution in [0.4, 0.5) is 0 Å². The Hall–Kier alpha value is -0.870.